The van der Waals surface area contributed by atoms with Gasteiger partial charge in [-0.1, -0.05) is 12.1 Å². The van der Waals surface area contributed by atoms with E-state index in [9.17, 15) is 14.4 Å². The molecule has 1 N–H and O–H groups in total. The number of carbonyl (C=O) groups excluding carboxylic acids is 2. The van der Waals surface area contributed by atoms with E-state index in [4.69, 9.17) is 9.84 Å². The van der Waals surface area contributed by atoms with E-state index in [1.807, 2.05) is 13.0 Å². The van der Waals surface area contributed by atoms with Crippen LogP contribution in [0.4, 0.5) is 5.69 Å². The van der Waals surface area contributed by atoms with Crippen LogP contribution in [0, 0.1) is 5.92 Å². The number of aliphatic carboxylic acids is 1. The maximum absolute atomic E-state index is 12.5. The van der Waals surface area contributed by atoms with Gasteiger partial charge in [-0.3, -0.25) is 9.59 Å². The Balaban J connectivity index is 2.17. The molecule has 2 unspecified atom stereocenters. The minimum absolute atomic E-state index is 0.0654. The van der Waals surface area contributed by atoms with Crippen LogP contribution in [-0.4, -0.2) is 54.0 Å². The molecule has 1 fully saturated rings. The van der Waals surface area contributed by atoms with Crippen molar-refractivity contribution in [2.24, 2.45) is 5.92 Å². The molecule has 1 heterocycles. The lowest BCUT2D eigenvalue weighted by Gasteiger charge is -2.25. The summed E-state index contributed by atoms with van der Waals surface area (Å²) in [7, 11) is 1.45. The van der Waals surface area contributed by atoms with Gasteiger partial charge >= 0.3 is 5.97 Å². The molecule has 1 aromatic rings. The number of ether oxygens (including phenoxy) is 1. The van der Waals surface area contributed by atoms with E-state index in [1.165, 1.54) is 23.8 Å². The Morgan fingerprint density at radius 3 is 2.71 bits per heavy atom. The molecule has 2 amide bonds. The van der Waals surface area contributed by atoms with Crippen molar-refractivity contribution in [1.29, 1.82) is 0 Å². The van der Waals surface area contributed by atoms with E-state index < -0.39 is 17.9 Å². The molecule has 130 valence electrons. The monoisotopic (exact) mass is 334 g/mol. The van der Waals surface area contributed by atoms with Crippen LogP contribution in [0.2, 0.25) is 0 Å². The van der Waals surface area contributed by atoms with Gasteiger partial charge in [-0.05, 0) is 26.0 Å². The number of hydrogen-bond donors (Lipinski definition) is 1. The van der Waals surface area contributed by atoms with Gasteiger partial charge in [0.1, 0.15) is 11.8 Å². The van der Waals surface area contributed by atoms with E-state index in [2.05, 4.69) is 0 Å². The Bertz CT molecular complexity index is 646. The van der Waals surface area contributed by atoms with Crippen LogP contribution in [0.3, 0.4) is 0 Å². The van der Waals surface area contributed by atoms with Crippen molar-refractivity contribution >= 4 is 23.5 Å². The highest BCUT2D eigenvalue weighted by Gasteiger charge is 2.39. The fraction of sp³-hybridized carbons (Fsp3) is 0.471. The first-order valence-corrected chi connectivity index (χ1v) is 7.88. The minimum Gasteiger partial charge on any atom is -0.492 e. The zero-order valence-corrected chi connectivity index (χ0v) is 14.1. The number of anilines is 1. The van der Waals surface area contributed by atoms with E-state index >= 15 is 0 Å². The summed E-state index contributed by atoms with van der Waals surface area (Å²) in [6, 6.07) is 6.25. The van der Waals surface area contributed by atoms with Gasteiger partial charge in [-0.25, -0.2) is 4.79 Å². The summed E-state index contributed by atoms with van der Waals surface area (Å²) in [6.45, 7) is 4.00. The normalized spacial score (nSPS) is 18.4. The molecule has 0 radical (unpaired) electrons. The fourth-order valence-corrected chi connectivity index (χ4v) is 2.71. The second kappa shape index (κ2) is 7.33. The fourth-order valence-electron chi connectivity index (χ4n) is 2.71. The molecule has 0 aromatic heterocycles. The Morgan fingerprint density at radius 2 is 2.08 bits per heavy atom. The quantitative estimate of drug-likeness (QED) is 0.849. The molecule has 7 nitrogen and oxygen atoms in total. The average Bonchev–Trinajstić information content (AvgIpc) is 2.95. The van der Waals surface area contributed by atoms with Crippen molar-refractivity contribution < 1.29 is 24.2 Å². The number of carboxylic acids is 1. The van der Waals surface area contributed by atoms with E-state index in [0.717, 1.165) is 0 Å². The standard InChI is InChI=1S/C17H22N2O5/c1-4-24-14-8-6-5-7-13(14)19-10-12(9-15(19)20)16(21)18(3)11(2)17(22)23/h5-8,11-12H,4,9-10H2,1-3H3,(H,22,23). The Kier molecular flexibility index (Phi) is 5.43. The molecule has 1 saturated heterocycles. The highest BCUT2D eigenvalue weighted by molar-refractivity contribution is 6.01. The van der Waals surface area contributed by atoms with Crippen LogP contribution >= 0.6 is 0 Å². The van der Waals surface area contributed by atoms with Gasteiger partial charge in [0.2, 0.25) is 11.8 Å². The van der Waals surface area contributed by atoms with Crippen LogP contribution in [0.5, 0.6) is 5.75 Å². The number of likely N-dealkylation sites (N-methyl/N-ethyl adjacent to an activating group) is 1. The van der Waals surface area contributed by atoms with Gasteiger partial charge < -0.3 is 19.6 Å². The predicted molar refractivity (Wildman–Crippen MR) is 87.9 cm³/mol. The molecule has 1 aromatic carbocycles. The molecular weight excluding hydrogens is 312 g/mol. The number of nitrogens with zero attached hydrogens (tertiary/aromatic N) is 2. The molecule has 0 saturated carbocycles. The van der Waals surface area contributed by atoms with Crippen molar-refractivity contribution in [1.82, 2.24) is 4.90 Å². The maximum Gasteiger partial charge on any atom is 0.326 e. The third-order valence-electron chi connectivity index (χ3n) is 4.22. The van der Waals surface area contributed by atoms with Gasteiger partial charge in [0, 0.05) is 20.0 Å². The van der Waals surface area contributed by atoms with Gasteiger partial charge in [-0.2, -0.15) is 0 Å². The Labute approximate surface area is 140 Å². The minimum atomic E-state index is -1.08. The topological polar surface area (TPSA) is 87.2 Å². The van der Waals surface area contributed by atoms with Gasteiger partial charge in [0.25, 0.3) is 0 Å². The van der Waals surface area contributed by atoms with Crippen molar-refractivity contribution in [2.45, 2.75) is 26.3 Å². The lowest BCUT2D eigenvalue weighted by atomic mass is 10.1. The molecular formula is C17H22N2O5. The Morgan fingerprint density at radius 1 is 1.42 bits per heavy atom. The second-order valence-corrected chi connectivity index (χ2v) is 5.77. The predicted octanol–water partition coefficient (Wildman–Crippen LogP) is 1.37. The summed E-state index contributed by atoms with van der Waals surface area (Å²) in [5.74, 6) is -1.55. The first-order valence-electron chi connectivity index (χ1n) is 7.88. The van der Waals surface area contributed by atoms with Gasteiger partial charge in [0.15, 0.2) is 0 Å². The largest absolute Gasteiger partial charge is 0.492 e. The molecule has 24 heavy (non-hydrogen) atoms. The lowest BCUT2D eigenvalue weighted by molar-refractivity contribution is -0.149. The zero-order chi connectivity index (χ0) is 17.9. The zero-order valence-electron chi connectivity index (χ0n) is 14.1. The highest BCUT2D eigenvalue weighted by Crippen LogP contribution is 2.33. The number of para-hydroxylation sites is 2. The van der Waals surface area contributed by atoms with Crippen LogP contribution in [0.1, 0.15) is 20.3 Å². The summed E-state index contributed by atoms with van der Waals surface area (Å²) < 4.78 is 5.54. The number of amides is 2. The Hall–Kier alpha value is -2.57. The van der Waals surface area contributed by atoms with Gasteiger partial charge in [0.05, 0.1) is 18.2 Å². The number of carbonyl (C=O) groups is 3. The number of rotatable bonds is 6. The summed E-state index contributed by atoms with van der Waals surface area (Å²) in [4.78, 5) is 38.6. The number of benzene rings is 1. The van der Waals surface area contributed by atoms with Crippen molar-refractivity contribution in [3.05, 3.63) is 24.3 Å². The van der Waals surface area contributed by atoms with Crippen molar-refractivity contribution in [2.75, 3.05) is 25.1 Å². The molecule has 1 aliphatic heterocycles. The number of hydrogen-bond acceptors (Lipinski definition) is 4. The smallest absolute Gasteiger partial charge is 0.326 e. The third kappa shape index (κ3) is 3.50. The van der Waals surface area contributed by atoms with E-state index in [0.29, 0.717) is 18.0 Å². The lowest BCUT2D eigenvalue weighted by Crippen LogP contribution is -2.43. The van der Waals surface area contributed by atoms with Crippen LogP contribution in [-0.2, 0) is 14.4 Å². The molecule has 0 bridgehead atoms. The van der Waals surface area contributed by atoms with Gasteiger partial charge in [-0.15, -0.1) is 0 Å². The molecule has 7 heteroatoms. The summed E-state index contributed by atoms with van der Waals surface area (Å²) in [6.07, 6.45) is 0.0654. The highest BCUT2D eigenvalue weighted by atomic mass is 16.5. The van der Waals surface area contributed by atoms with Crippen LogP contribution in [0.25, 0.3) is 0 Å². The average molecular weight is 334 g/mol. The molecule has 0 spiro atoms. The first-order chi connectivity index (χ1) is 11.4. The summed E-state index contributed by atoms with van der Waals surface area (Å²) in [5.41, 5.74) is 0.633. The molecule has 2 atom stereocenters. The second-order valence-electron chi connectivity index (χ2n) is 5.77. The SMILES string of the molecule is CCOc1ccccc1N1CC(C(=O)N(C)C(C)C(=O)O)CC1=O. The van der Waals surface area contributed by atoms with E-state index in [1.54, 1.807) is 18.2 Å². The molecule has 1 aliphatic rings. The summed E-state index contributed by atoms with van der Waals surface area (Å²) in [5, 5.41) is 9.03. The van der Waals surface area contributed by atoms with Crippen molar-refractivity contribution in [3.63, 3.8) is 0 Å². The molecule has 2 rings (SSSR count). The van der Waals surface area contributed by atoms with Crippen molar-refractivity contribution in [3.8, 4) is 5.75 Å². The maximum atomic E-state index is 12.5. The summed E-state index contributed by atoms with van der Waals surface area (Å²) >= 11 is 0. The first kappa shape index (κ1) is 17.8. The molecule has 0 aliphatic carbocycles. The van der Waals surface area contributed by atoms with E-state index in [-0.39, 0.29) is 24.8 Å². The third-order valence-corrected chi connectivity index (χ3v) is 4.22. The van der Waals surface area contributed by atoms with Crippen LogP contribution in [0.15, 0.2) is 24.3 Å². The van der Waals surface area contributed by atoms with Crippen LogP contribution < -0.4 is 9.64 Å². The number of carboxylic acid groups (broad SMARTS) is 1.